The molecular weight excluding hydrogens is 255 g/mol. The Labute approximate surface area is 108 Å². The van der Waals surface area contributed by atoms with Crippen molar-refractivity contribution in [2.24, 2.45) is 0 Å². The smallest absolute Gasteiger partial charge is 0.243 e. The third-order valence-corrected chi connectivity index (χ3v) is 3.82. The Balaban J connectivity index is 2.71. The zero-order chi connectivity index (χ0) is 13.8. The van der Waals surface area contributed by atoms with E-state index in [-0.39, 0.29) is 17.5 Å². The van der Waals surface area contributed by atoms with Crippen molar-refractivity contribution in [2.75, 3.05) is 13.1 Å². The van der Waals surface area contributed by atoms with Crippen molar-refractivity contribution in [3.05, 3.63) is 29.6 Å². The number of benzene rings is 1. The molecule has 1 aromatic carbocycles. The van der Waals surface area contributed by atoms with E-state index in [1.807, 2.05) is 13.8 Å². The van der Waals surface area contributed by atoms with Crippen LogP contribution in [0.15, 0.2) is 23.1 Å². The van der Waals surface area contributed by atoms with Crippen molar-refractivity contribution in [2.45, 2.75) is 31.7 Å². The standard InChI is InChI=1S/C12H19FN2O2S/c1-9(2)14-6-7-15-18(16,17)12-8-10(3)4-5-11(12)13/h4-5,8-9,14-15H,6-7H2,1-3H3. The fourth-order valence-corrected chi connectivity index (χ4v) is 2.63. The zero-order valence-corrected chi connectivity index (χ0v) is 11.6. The minimum Gasteiger partial charge on any atom is -0.313 e. The van der Waals surface area contributed by atoms with Gasteiger partial charge >= 0.3 is 0 Å². The van der Waals surface area contributed by atoms with E-state index in [9.17, 15) is 12.8 Å². The van der Waals surface area contributed by atoms with Gasteiger partial charge in [0.1, 0.15) is 10.7 Å². The summed E-state index contributed by atoms with van der Waals surface area (Å²) >= 11 is 0. The summed E-state index contributed by atoms with van der Waals surface area (Å²) in [6.45, 7) is 6.39. The molecule has 1 rings (SSSR count). The molecular formula is C12H19FN2O2S. The summed E-state index contributed by atoms with van der Waals surface area (Å²) in [5.74, 6) is -0.732. The third-order valence-electron chi connectivity index (χ3n) is 2.35. The van der Waals surface area contributed by atoms with Gasteiger partial charge in [0, 0.05) is 19.1 Å². The van der Waals surface area contributed by atoms with Crippen LogP contribution in [-0.4, -0.2) is 27.5 Å². The summed E-state index contributed by atoms with van der Waals surface area (Å²) in [4.78, 5) is -0.299. The van der Waals surface area contributed by atoms with Crippen LogP contribution < -0.4 is 10.0 Å². The lowest BCUT2D eigenvalue weighted by Gasteiger charge is -2.10. The fraction of sp³-hybridized carbons (Fsp3) is 0.500. The van der Waals surface area contributed by atoms with Crippen LogP contribution in [0.4, 0.5) is 4.39 Å². The van der Waals surface area contributed by atoms with E-state index in [1.54, 1.807) is 6.92 Å². The van der Waals surface area contributed by atoms with E-state index < -0.39 is 15.8 Å². The molecule has 102 valence electrons. The molecule has 0 fully saturated rings. The molecule has 0 heterocycles. The fourth-order valence-electron chi connectivity index (χ4n) is 1.44. The van der Waals surface area contributed by atoms with Crippen molar-refractivity contribution in [1.29, 1.82) is 0 Å². The molecule has 0 unspecified atom stereocenters. The number of aryl methyl sites for hydroxylation is 1. The number of hydrogen-bond acceptors (Lipinski definition) is 3. The Morgan fingerprint density at radius 3 is 2.56 bits per heavy atom. The number of nitrogens with one attached hydrogen (secondary N) is 2. The van der Waals surface area contributed by atoms with Gasteiger partial charge in [0.2, 0.25) is 10.0 Å². The molecule has 0 atom stereocenters. The SMILES string of the molecule is Cc1ccc(F)c(S(=O)(=O)NCCNC(C)C)c1. The molecule has 18 heavy (non-hydrogen) atoms. The first-order valence-corrected chi connectivity index (χ1v) is 7.30. The normalized spacial score (nSPS) is 12.1. The molecule has 0 aromatic heterocycles. The summed E-state index contributed by atoms with van der Waals surface area (Å²) in [6.07, 6.45) is 0. The number of sulfonamides is 1. The molecule has 4 nitrogen and oxygen atoms in total. The largest absolute Gasteiger partial charge is 0.313 e. The first-order valence-electron chi connectivity index (χ1n) is 5.82. The topological polar surface area (TPSA) is 58.2 Å². The van der Waals surface area contributed by atoms with Gasteiger partial charge in [-0.25, -0.2) is 17.5 Å². The Kier molecular flexibility index (Phi) is 5.25. The van der Waals surface area contributed by atoms with Crippen LogP contribution in [0.3, 0.4) is 0 Å². The Morgan fingerprint density at radius 2 is 1.94 bits per heavy atom. The van der Waals surface area contributed by atoms with E-state index in [2.05, 4.69) is 10.0 Å². The van der Waals surface area contributed by atoms with Crippen LogP contribution in [0.5, 0.6) is 0 Å². The van der Waals surface area contributed by atoms with Gasteiger partial charge in [-0.1, -0.05) is 19.9 Å². The van der Waals surface area contributed by atoms with Crippen LogP contribution in [-0.2, 0) is 10.0 Å². The van der Waals surface area contributed by atoms with E-state index in [0.29, 0.717) is 12.1 Å². The van der Waals surface area contributed by atoms with Gasteiger partial charge in [-0.15, -0.1) is 0 Å². The number of hydrogen-bond donors (Lipinski definition) is 2. The van der Waals surface area contributed by atoms with E-state index >= 15 is 0 Å². The summed E-state index contributed by atoms with van der Waals surface area (Å²) in [7, 11) is -3.78. The van der Waals surface area contributed by atoms with Crippen LogP contribution in [0.2, 0.25) is 0 Å². The molecule has 1 aromatic rings. The molecule has 0 saturated carbocycles. The molecule has 0 saturated heterocycles. The van der Waals surface area contributed by atoms with E-state index in [4.69, 9.17) is 0 Å². The van der Waals surface area contributed by atoms with Gasteiger partial charge in [0.05, 0.1) is 0 Å². The second kappa shape index (κ2) is 6.26. The highest BCUT2D eigenvalue weighted by Crippen LogP contribution is 2.15. The lowest BCUT2D eigenvalue weighted by Crippen LogP contribution is -2.34. The maximum Gasteiger partial charge on any atom is 0.243 e. The van der Waals surface area contributed by atoms with Gasteiger partial charge in [-0.3, -0.25) is 0 Å². The summed E-state index contributed by atoms with van der Waals surface area (Å²) in [5.41, 5.74) is 0.706. The summed E-state index contributed by atoms with van der Waals surface area (Å²) in [6, 6.07) is 4.31. The van der Waals surface area contributed by atoms with Crippen LogP contribution in [0.25, 0.3) is 0 Å². The minimum absolute atomic E-state index is 0.230. The molecule has 0 bridgehead atoms. The Bertz CT molecular complexity index is 501. The van der Waals surface area contributed by atoms with Crippen LogP contribution in [0, 0.1) is 12.7 Å². The second-order valence-corrected chi connectivity index (χ2v) is 6.18. The predicted molar refractivity (Wildman–Crippen MR) is 69.5 cm³/mol. The molecule has 0 aliphatic rings. The van der Waals surface area contributed by atoms with Gasteiger partial charge in [-0.2, -0.15) is 0 Å². The van der Waals surface area contributed by atoms with Crippen LogP contribution >= 0.6 is 0 Å². The van der Waals surface area contributed by atoms with Gasteiger partial charge < -0.3 is 5.32 Å². The summed E-state index contributed by atoms with van der Waals surface area (Å²) in [5, 5.41) is 3.07. The van der Waals surface area contributed by atoms with Crippen molar-refractivity contribution in [1.82, 2.24) is 10.0 Å². The van der Waals surface area contributed by atoms with Crippen molar-refractivity contribution in [3.8, 4) is 0 Å². The molecule has 0 aliphatic carbocycles. The second-order valence-electron chi connectivity index (χ2n) is 4.44. The van der Waals surface area contributed by atoms with E-state index in [1.165, 1.54) is 12.1 Å². The molecule has 0 aliphatic heterocycles. The lowest BCUT2D eigenvalue weighted by molar-refractivity contribution is 0.545. The third kappa shape index (κ3) is 4.36. The Hall–Kier alpha value is -0.980. The molecule has 0 amide bonds. The van der Waals surface area contributed by atoms with Gasteiger partial charge in [0.25, 0.3) is 0 Å². The zero-order valence-electron chi connectivity index (χ0n) is 10.8. The van der Waals surface area contributed by atoms with Crippen molar-refractivity contribution < 1.29 is 12.8 Å². The van der Waals surface area contributed by atoms with Gasteiger partial charge in [0.15, 0.2) is 0 Å². The maximum absolute atomic E-state index is 13.5. The monoisotopic (exact) mass is 274 g/mol. The summed E-state index contributed by atoms with van der Waals surface area (Å²) < 4.78 is 39.6. The lowest BCUT2D eigenvalue weighted by atomic mass is 10.2. The maximum atomic E-state index is 13.5. The minimum atomic E-state index is -3.78. The number of halogens is 1. The molecule has 2 N–H and O–H groups in total. The number of rotatable bonds is 6. The van der Waals surface area contributed by atoms with Crippen molar-refractivity contribution >= 4 is 10.0 Å². The average Bonchev–Trinajstić information content (AvgIpc) is 2.27. The quantitative estimate of drug-likeness (QED) is 0.771. The Morgan fingerprint density at radius 1 is 1.28 bits per heavy atom. The first kappa shape index (κ1) is 15.1. The highest BCUT2D eigenvalue weighted by atomic mass is 32.2. The van der Waals surface area contributed by atoms with Gasteiger partial charge in [-0.05, 0) is 24.6 Å². The molecule has 0 spiro atoms. The highest BCUT2D eigenvalue weighted by molar-refractivity contribution is 7.89. The first-order chi connectivity index (χ1) is 8.33. The average molecular weight is 274 g/mol. The predicted octanol–water partition coefficient (Wildman–Crippen LogP) is 1.41. The molecule has 0 radical (unpaired) electrons. The van der Waals surface area contributed by atoms with E-state index in [0.717, 1.165) is 6.07 Å². The molecule has 6 heteroatoms. The van der Waals surface area contributed by atoms with Crippen molar-refractivity contribution in [3.63, 3.8) is 0 Å². The van der Waals surface area contributed by atoms with Crippen LogP contribution in [0.1, 0.15) is 19.4 Å². The highest BCUT2D eigenvalue weighted by Gasteiger charge is 2.18.